The molecule has 2 N–H and O–H groups in total. The van der Waals surface area contributed by atoms with Crippen molar-refractivity contribution in [1.29, 1.82) is 0 Å². The zero-order chi connectivity index (χ0) is 12.4. The topological polar surface area (TPSA) is 41.5 Å². The third-order valence-electron chi connectivity index (χ3n) is 4.61. The molecule has 2 aliphatic carbocycles. The molecule has 2 saturated carbocycles. The molecule has 0 radical (unpaired) electrons. The molecule has 0 aromatic carbocycles. The van der Waals surface area contributed by atoms with Crippen molar-refractivity contribution in [3.05, 3.63) is 0 Å². The van der Waals surface area contributed by atoms with Gasteiger partial charge in [-0.15, -0.1) is 0 Å². The van der Waals surface area contributed by atoms with Crippen LogP contribution in [0, 0.1) is 0 Å². The van der Waals surface area contributed by atoms with E-state index < -0.39 is 5.79 Å². The van der Waals surface area contributed by atoms with E-state index in [4.69, 9.17) is 4.74 Å². The average molecular weight is 241 g/mol. The van der Waals surface area contributed by atoms with Crippen LogP contribution in [0.15, 0.2) is 0 Å². The predicted molar refractivity (Wildman–Crippen MR) is 68.8 cm³/mol. The third-order valence-corrected chi connectivity index (χ3v) is 4.61. The number of nitrogens with one attached hydrogen (secondary N) is 1. The van der Waals surface area contributed by atoms with E-state index in [-0.39, 0.29) is 5.54 Å². The van der Waals surface area contributed by atoms with Gasteiger partial charge in [0.1, 0.15) is 0 Å². The van der Waals surface area contributed by atoms with E-state index in [1.807, 2.05) is 13.8 Å². The van der Waals surface area contributed by atoms with Gasteiger partial charge in [-0.2, -0.15) is 0 Å². The second-order valence-electron chi connectivity index (χ2n) is 5.83. The fourth-order valence-electron chi connectivity index (χ4n) is 3.33. The van der Waals surface area contributed by atoms with E-state index >= 15 is 0 Å². The highest BCUT2D eigenvalue weighted by molar-refractivity contribution is 5.06. The zero-order valence-corrected chi connectivity index (χ0v) is 11.3. The van der Waals surface area contributed by atoms with Gasteiger partial charge in [0.25, 0.3) is 0 Å². The quantitative estimate of drug-likeness (QED) is 0.727. The monoisotopic (exact) mass is 241 g/mol. The number of aliphatic hydroxyl groups is 1. The second kappa shape index (κ2) is 5.25. The summed E-state index contributed by atoms with van der Waals surface area (Å²) >= 11 is 0. The molecule has 100 valence electrons. The molecule has 17 heavy (non-hydrogen) atoms. The van der Waals surface area contributed by atoms with Crippen LogP contribution in [-0.4, -0.2) is 29.1 Å². The molecule has 3 nitrogen and oxygen atoms in total. The standard InChI is InChI=1S/C14H27NO2/c1-3-17-13(2,16)14(10-7-11-14)15-12-8-5-4-6-9-12/h12,15-16H,3-11H2,1-2H3. The smallest absolute Gasteiger partial charge is 0.181 e. The lowest BCUT2D eigenvalue weighted by atomic mass is 9.70. The molecule has 1 atom stereocenters. The third kappa shape index (κ3) is 2.67. The van der Waals surface area contributed by atoms with Crippen molar-refractivity contribution in [2.24, 2.45) is 0 Å². The molecule has 2 fully saturated rings. The summed E-state index contributed by atoms with van der Waals surface area (Å²) < 4.78 is 5.57. The average Bonchev–Trinajstić information content (AvgIpc) is 2.24. The fourth-order valence-corrected chi connectivity index (χ4v) is 3.33. The number of hydrogen-bond donors (Lipinski definition) is 2. The minimum absolute atomic E-state index is 0.189. The minimum Gasteiger partial charge on any atom is -0.364 e. The van der Waals surface area contributed by atoms with Crippen LogP contribution in [0.4, 0.5) is 0 Å². The van der Waals surface area contributed by atoms with E-state index in [1.54, 1.807) is 0 Å². The first kappa shape index (κ1) is 13.3. The summed E-state index contributed by atoms with van der Waals surface area (Å²) in [5.74, 6) is -1.02. The van der Waals surface area contributed by atoms with Gasteiger partial charge in [0.2, 0.25) is 0 Å². The second-order valence-corrected chi connectivity index (χ2v) is 5.83. The largest absolute Gasteiger partial charge is 0.364 e. The summed E-state index contributed by atoms with van der Waals surface area (Å²) in [4.78, 5) is 0. The molecule has 0 saturated heterocycles. The van der Waals surface area contributed by atoms with Crippen LogP contribution >= 0.6 is 0 Å². The van der Waals surface area contributed by atoms with Crippen LogP contribution in [0.25, 0.3) is 0 Å². The van der Waals surface area contributed by atoms with Gasteiger partial charge >= 0.3 is 0 Å². The fraction of sp³-hybridized carbons (Fsp3) is 1.00. The molecule has 0 aromatic rings. The van der Waals surface area contributed by atoms with Crippen LogP contribution in [0.3, 0.4) is 0 Å². The number of hydrogen-bond acceptors (Lipinski definition) is 3. The Kier molecular flexibility index (Phi) is 4.11. The van der Waals surface area contributed by atoms with Crippen molar-refractivity contribution >= 4 is 0 Å². The van der Waals surface area contributed by atoms with Crippen molar-refractivity contribution in [3.8, 4) is 0 Å². The summed E-state index contributed by atoms with van der Waals surface area (Å²) in [5, 5.41) is 14.2. The molecule has 0 aliphatic heterocycles. The van der Waals surface area contributed by atoms with Gasteiger partial charge in [0.15, 0.2) is 5.79 Å². The normalized spacial score (nSPS) is 28.4. The van der Waals surface area contributed by atoms with Crippen LogP contribution in [0.1, 0.15) is 65.2 Å². The van der Waals surface area contributed by atoms with Crippen molar-refractivity contribution in [2.75, 3.05) is 6.61 Å². The Morgan fingerprint density at radius 2 is 1.88 bits per heavy atom. The van der Waals surface area contributed by atoms with Gasteiger partial charge in [0.05, 0.1) is 5.54 Å². The van der Waals surface area contributed by atoms with Crippen LogP contribution in [0.2, 0.25) is 0 Å². The Hall–Kier alpha value is -0.120. The lowest BCUT2D eigenvalue weighted by molar-refractivity contribution is -0.257. The molecule has 0 amide bonds. The van der Waals surface area contributed by atoms with E-state index in [0.29, 0.717) is 12.6 Å². The first-order chi connectivity index (χ1) is 8.10. The molecule has 2 aliphatic rings. The Morgan fingerprint density at radius 3 is 2.35 bits per heavy atom. The zero-order valence-electron chi connectivity index (χ0n) is 11.3. The molecule has 0 aromatic heterocycles. The van der Waals surface area contributed by atoms with Crippen LogP contribution in [0.5, 0.6) is 0 Å². The van der Waals surface area contributed by atoms with E-state index in [0.717, 1.165) is 12.8 Å². The van der Waals surface area contributed by atoms with Gasteiger partial charge in [-0.1, -0.05) is 19.3 Å². The first-order valence-electron chi connectivity index (χ1n) is 7.24. The molecule has 0 spiro atoms. The molecule has 1 unspecified atom stereocenters. The Balaban J connectivity index is 1.98. The van der Waals surface area contributed by atoms with Crippen molar-refractivity contribution in [1.82, 2.24) is 5.32 Å². The Labute approximate surface area is 105 Å². The molecule has 2 rings (SSSR count). The summed E-state index contributed by atoms with van der Waals surface area (Å²) in [6.07, 6.45) is 9.80. The van der Waals surface area contributed by atoms with Crippen LogP contribution < -0.4 is 5.32 Å². The first-order valence-corrected chi connectivity index (χ1v) is 7.24. The van der Waals surface area contributed by atoms with Gasteiger partial charge < -0.3 is 15.2 Å². The van der Waals surface area contributed by atoms with Crippen LogP contribution in [-0.2, 0) is 4.74 Å². The maximum Gasteiger partial charge on any atom is 0.181 e. The van der Waals surface area contributed by atoms with Gasteiger partial charge in [-0.05, 0) is 46.0 Å². The molecule has 0 heterocycles. The highest BCUT2D eigenvalue weighted by atomic mass is 16.6. The number of ether oxygens (including phenoxy) is 1. The summed E-state index contributed by atoms with van der Waals surface area (Å²) in [5.41, 5.74) is -0.189. The van der Waals surface area contributed by atoms with E-state index in [2.05, 4.69) is 5.32 Å². The van der Waals surface area contributed by atoms with Gasteiger partial charge in [-0.25, -0.2) is 0 Å². The van der Waals surface area contributed by atoms with Gasteiger partial charge in [-0.3, -0.25) is 0 Å². The Morgan fingerprint density at radius 1 is 1.24 bits per heavy atom. The summed E-state index contributed by atoms with van der Waals surface area (Å²) in [6, 6.07) is 0.580. The summed E-state index contributed by atoms with van der Waals surface area (Å²) in [7, 11) is 0. The highest BCUT2D eigenvalue weighted by Gasteiger charge is 2.53. The SMILES string of the molecule is CCOC(C)(O)C1(NC2CCCCC2)CCC1. The van der Waals surface area contributed by atoms with E-state index in [1.165, 1.54) is 38.5 Å². The van der Waals surface area contributed by atoms with Gasteiger partial charge in [0, 0.05) is 12.6 Å². The van der Waals surface area contributed by atoms with Crippen molar-refractivity contribution < 1.29 is 9.84 Å². The Bertz CT molecular complexity index is 243. The molecular weight excluding hydrogens is 214 g/mol. The highest BCUT2D eigenvalue weighted by Crippen LogP contribution is 2.42. The van der Waals surface area contributed by atoms with Crippen molar-refractivity contribution in [3.63, 3.8) is 0 Å². The van der Waals surface area contributed by atoms with E-state index in [9.17, 15) is 5.11 Å². The lowest BCUT2D eigenvalue weighted by Gasteiger charge is -2.53. The maximum absolute atomic E-state index is 10.5. The van der Waals surface area contributed by atoms with Crippen molar-refractivity contribution in [2.45, 2.75) is 82.6 Å². The predicted octanol–water partition coefficient (Wildman–Crippen LogP) is 2.58. The minimum atomic E-state index is -1.02. The molecule has 0 bridgehead atoms. The number of rotatable bonds is 5. The summed E-state index contributed by atoms with van der Waals surface area (Å²) in [6.45, 7) is 4.34. The molecular formula is C14H27NO2. The lowest BCUT2D eigenvalue weighted by Crippen LogP contribution is -2.68. The molecule has 3 heteroatoms. The maximum atomic E-state index is 10.5.